The first-order chi connectivity index (χ1) is 6.11. The lowest BCUT2D eigenvalue weighted by molar-refractivity contribution is 0.859. The van der Waals surface area contributed by atoms with Crippen LogP contribution in [0.5, 0.6) is 0 Å². The molecule has 0 atom stereocenters. The van der Waals surface area contributed by atoms with Crippen LogP contribution in [0, 0.1) is 0 Å². The largest absolute Gasteiger partial charge is 0.339 e. The van der Waals surface area contributed by atoms with E-state index in [-0.39, 0.29) is 5.02 Å². The van der Waals surface area contributed by atoms with E-state index < -0.39 is 11.2 Å². The summed E-state index contributed by atoms with van der Waals surface area (Å²) in [5, 5.41) is -0.0561. The Hall–Kier alpha value is -1.55. The minimum atomic E-state index is -0.584. The summed E-state index contributed by atoms with van der Waals surface area (Å²) in [6.45, 7) is 6.72. The van der Waals surface area contributed by atoms with E-state index in [9.17, 15) is 9.59 Å². The predicted molar refractivity (Wildman–Crippen MR) is 52.7 cm³/mol. The highest BCUT2D eigenvalue weighted by molar-refractivity contribution is 6.30. The molecule has 0 aromatic carbocycles. The number of nitrogens with zero attached hydrogens (tertiary/aromatic N) is 2. The highest BCUT2D eigenvalue weighted by Gasteiger charge is 2.04. The van der Waals surface area contributed by atoms with Gasteiger partial charge in [-0.1, -0.05) is 24.8 Å². The Morgan fingerprint density at radius 3 is 2.38 bits per heavy atom. The van der Waals surface area contributed by atoms with E-state index >= 15 is 0 Å². The predicted octanol–water partition coefficient (Wildman–Crippen LogP) is 0.864. The molecule has 4 nitrogen and oxygen atoms in total. The summed E-state index contributed by atoms with van der Waals surface area (Å²) < 4.78 is 1.91. The highest BCUT2D eigenvalue weighted by atomic mass is 35.5. The van der Waals surface area contributed by atoms with Gasteiger partial charge < -0.3 is 0 Å². The molecule has 5 heteroatoms. The molecule has 0 aliphatic heterocycles. The summed E-state index contributed by atoms with van der Waals surface area (Å²) in [5.41, 5.74) is -1.13. The number of aromatic nitrogens is 2. The number of hydrogen-bond donors (Lipinski definition) is 0. The van der Waals surface area contributed by atoms with E-state index in [0.29, 0.717) is 0 Å². The van der Waals surface area contributed by atoms with Crippen molar-refractivity contribution in [1.29, 1.82) is 0 Å². The van der Waals surface area contributed by atoms with Gasteiger partial charge in [0.1, 0.15) is 5.02 Å². The molecule has 0 N–H and O–H groups in total. The van der Waals surface area contributed by atoms with Gasteiger partial charge >= 0.3 is 5.69 Å². The zero-order valence-electron chi connectivity index (χ0n) is 6.74. The second-order valence-electron chi connectivity index (χ2n) is 2.21. The number of halogens is 1. The first-order valence-electron chi connectivity index (χ1n) is 3.40. The van der Waals surface area contributed by atoms with Gasteiger partial charge in [-0.25, -0.2) is 9.36 Å². The normalized spacial score (nSPS) is 9.62. The van der Waals surface area contributed by atoms with Crippen LogP contribution in [-0.2, 0) is 0 Å². The van der Waals surface area contributed by atoms with Crippen molar-refractivity contribution < 1.29 is 0 Å². The molecule has 1 aromatic heterocycles. The van der Waals surface area contributed by atoms with Crippen LogP contribution in [0.15, 0.2) is 28.9 Å². The van der Waals surface area contributed by atoms with Gasteiger partial charge in [-0.3, -0.25) is 9.36 Å². The van der Waals surface area contributed by atoms with Crippen LogP contribution >= 0.6 is 11.6 Å². The van der Waals surface area contributed by atoms with Crippen molar-refractivity contribution in [2.24, 2.45) is 0 Å². The zero-order valence-corrected chi connectivity index (χ0v) is 7.49. The van der Waals surface area contributed by atoms with Crippen molar-refractivity contribution >= 4 is 24.0 Å². The number of hydrogen-bond acceptors (Lipinski definition) is 2. The Balaban J connectivity index is 3.78. The first kappa shape index (κ1) is 9.54. The van der Waals surface area contributed by atoms with Crippen molar-refractivity contribution in [2.45, 2.75) is 0 Å². The van der Waals surface area contributed by atoms with Crippen molar-refractivity contribution in [3.8, 4) is 0 Å². The second-order valence-corrected chi connectivity index (χ2v) is 2.61. The lowest BCUT2D eigenvalue weighted by Crippen LogP contribution is -2.35. The van der Waals surface area contributed by atoms with Gasteiger partial charge in [0.05, 0.1) is 0 Å². The topological polar surface area (TPSA) is 44.0 Å². The maximum Gasteiger partial charge on any atom is 0.339 e. The molecule has 1 aromatic rings. The zero-order chi connectivity index (χ0) is 10.0. The van der Waals surface area contributed by atoms with Crippen LogP contribution in [0.3, 0.4) is 0 Å². The minimum Gasteiger partial charge on any atom is -0.275 e. The summed E-state index contributed by atoms with van der Waals surface area (Å²) in [6, 6.07) is 0. The van der Waals surface area contributed by atoms with Gasteiger partial charge in [-0.2, -0.15) is 0 Å². The van der Waals surface area contributed by atoms with E-state index in [1.54, 1.807) is 0 Å². The SMILES string of the molecule is C=Cn1cc(Cl)c(=O)n(C=C)c1=O. The maximum absolute atomic E-state index is 11.3. The molecule has 68 valence electrons. The molecule has 1 heterocycles. The molecule has 0 aliphatic rings. The summed E-state index contributed by atoms with van der Waals surface area (Å²) >= 11 is 5.56. The van der Waals surface area contributed by atoms with E-state index in [1.165, 1.54) is 12.4 Å². The molecule has 0 amide bonds. The monoisotopic (exact) mass is 198 g/mol. The van der Waals surface area contributed by atoms with Gasteiger partial charge in [-0.15, -0.1) is 0 Å². The molecule has 0 saturated heterocycles. The maximum atomic E-state index is 11.3. The molecule has 0 saturated carbocycles. The lowest BCUT2D eigenvalue weighted by Gasteiger charge is -2.01. The van der Waals surface area contributed by atoms with Gasteiger partial charge in [0, 0.05) is 18.6 Å². The minimum absolute atomic E-state index is 0.0561. The van der Waals surface area contributed by atoms with Gasteiger partial charge in [-0.05, 0) is 0 Å². The Morgan fingerprint density at radius 2 is 1.92 bits per heavy atom. The van der Waals surface area contributed by atoms with E-state index in [4.69, 9.17) is 11.6 Å². The fourth-order valence-corrected chi connectivity index (χ4v) is 1.05. The Labute approximate surface area is 79.0 Å². The first-order valence-corrected chi connectivity index (χ1v) is 3.78. The van der Waals surface area contributed by atoms with Crippen LogP contribution in [-0.4, -0.2) is 9.13 Å². The molecule has 0 unspecified atom stereocenters. The molecule has 1 rings (SSSR count). The van der Waals surface area contributed by atoms with E-state index in [1.807, 2.05) is 0 Å². The lowest BCUT2D eigenvalue weighted by atomic mass is 10.6. The molecular formula is C8H7ClN2O2. The van der Waals surface area contributed by atoms with Crippen molar-refractivity contribution in [1.82, 2.24) is 9.13 Å². The molecule has 0 aliphatic carbocycles. The Bertz CT molecular complexity index is 470. The van der Waals surface area contributed by atoms with Gasteiger partial charge in [0.25, 0.3) is 5.56 Å². The van der Waals surface area contributed by atoms with Gasteiger partial charge in [0.2, 0.25) is 0 Å². The molecule has 0 fully saturated rings. The fourth-order valence-electron chi connectivity index (χ4n) is 0.851. The summed E-state index contributed by atoms with van der Waals surface area (Å²) in [4.78, 5) is 22.5. The van der Waals surface area contributed by atoms with E-state index in [2.05, 4.69) is 13.2 Å². The van der Waals surface area contributed by atoms with Crippen LogP contribution in [0.1, 0.15) is 0 Å². The van der Waals surface area contributed by atoms with Crippen molar-refractivity contribution in [3.05, 3.63) is 45.2 Å². The Kier molecular flexibility index (Phi) is 2.53. The summed E-state index contributed by atoms with van der Waals surface area (Å²) in [7, 11) is 0. The molecular weight excluding hydrogens is 192 g/mol. The standard InChI is InChI=1S/C8H7ClN2O2/c1-3-10-5-6(9)7(12)11(4-2)8(10)13/h3-5H,1-2H2. The summed E-state index contributed by atoms with van der Waals surface area (Å²) in [5.74, 6) is 0. The van der Waals surface area contributed by atoms with Crippen molar-refractivity contribution in [3.63, 3.8) is 0 Å². The van der Waals surface area contributed by atoms with Crippen LogP contribution in [0.25, 0.3) is 12.4 Å². The molecule has 13 heavy (non-hydrogen) atoms. The van der Waals surface area contributed by atoms with Crippen LogP contribution in [0.2, 0.25) is 5.02 Å². The fraction of sp³-hybridized carbons (Fsp3) is 0. The average molecular weight is 199 g/mol. The third kappa shape index (κ3) is 1.48. The third-order valence-corrected chi connectivity index (χ3v) is 1.74. The van der Waals surface area contributed by atoms with Crippen LogP contribution in [0.4, 0.5) is 0 Å². The van der Waals surface area contributed by atoms with Crippen LogP contribution < -0.4 is 11.2 Å². The highest BCUT2D eigenvalue weighted by Crippen LogP contribution is 1.96. The van der Waals surface area contributed by atoms with Crippen molar-refractivity contribution in [2.75, 3.05) is 0 Å². The average Bonchev–Trinajstić information content (AvgIpc) is 2.12. The molecule has 0 radical (unpaired) electrons. The summed E-state index contributed by atoms with van der Waals surface area (Å²) in [6.07, 6.45) is 3.57. The number of rotatable bonds is 2. The smallest absolute Gasteiger partial charge is 0.275 e. The quantitative estimate of drug-likeness (QED) is 0.708. The van der Waals surface area contributed by atoms with Gasteiger partial charge in [0.15, 0.2) is 0 Å². The third-order valence-electron chi connectivity index (χ3n) is 1.48. The molecule has 0 spiro atoms. The second kappa shape index (κ2) is 3.45. The van der Waals surface area contributed by atoms with E-state index in [0.717, 1.165) is 15.3 Å². The Morgan fingerprint density at radius 1 is 1.31 bits per heavy atom. The molecule has 0 bridgehead atoms.